The van der Waals surface area contributed by atoms with Crippen molar-refractivity contribution in [1.82, 2.24) is 15.3 Å². The highest BCUT2D eigenvalue weighted by molar-refractivity contribution is 5.94. The summed E-state index contributed by atoms with van der Waals surface area (Å²) in [7, 11) is 1.63. The van der Waals surface area contributed by atoms with E-state index in [1.165, 1.54) is 0 Å². The fourth-order valence-corrected chi connectivity index (χ4v) is 4.55. The average Bonchev–Trinajstić information content (AvgIpc) is 3.33. The molecule has 0 saturated heterocycles. The van der Waals surface area contributed by atoms with Crippen molar-refractivity contribution in [1.29, 1.82) is 0 Å². The van der Waals surface area contributed by atoms with E-state index in [1.807, 2.05) is 79.9 Å². The number of benzene rings is 3. The van der Waals surface area contributed by atoms with Gasteiger partial charge < -0.3 is 20.0 Å². The van der Waals surface area contributed by atoms with Crippen molar-refractivity contribution in [3.63, 3.8) is 0 Å². The average molecular weight is 478 g/mol. The van der Waals surface area contributed by atoms with Crippen molar-refractivity contribution in [2.45, 2.75) is 12.8 Å². The van der Waals surface area contributed by atoms with Crippen LogP contribution in [0.1, 0.15) is 33.0 Å². The van der Waals surface area contributed by atoms with Gasteiger partial charge in [-0.15, -0.1) is 0 Å². The summed E-state index contributed by atoms with van der Waals surface area (Å²) in [5.41, 5.74) is 5.47. The largest absolute Gasteiger partial charge is 0.497 e. The first-order chi connectivity index (χ1) is 17.5. The third kappa shape index (κ3) is 4.66. The normalized spacial score (nSPS) is 11.8. The summed E-state index contributed by atoms with van der Waals surface area (Å²) in [4.78, 5) is 32.0. The Labute approximate surface area is 209 Å². The molecule has 0 saturated carbocycles. The van der Waals surface area contributed by atoms with Crippen LogP contribution in [0.2, 0.25) is 0 Å². The van der Waals surface area contributed by atoms with E-state index in [0.29, 0.717) is 12.2 Å². The predicted octanol–water partition coefficient (Wildman–Crippen LogP) is 5.40. The highest BCUT2D eigenvalue weighted by atomic mass is 16.5. The number of ether oxygens (including phenoxy) is 1. The summed E-state index contributed by atoms with van der Waals surface area (Å²) < 4.78 is 5.31. The van der Waals surface area contributed by atoms with Crippen LogP contribution in [0.15, 0.2) is 95.9 Å². The first-order valence-corrected chi connectivity index (χ1v) is 11.8. The number of aromatic nitrogens is 2. The van der Waals surface area contributed by atoms with Crippen LogP contribution < -0.4 is 15.6 Å². The van der Waals surface area contributed by atoms with Crippen LogP contribution in [0, 0.1) is 6.92 Å². The van der Waals surface area contributed by atoms with E-state index in [0.717, 1.165) is 38.9 Å². The minimum Gasteiger partial charge on any atom is -0.497 e. The second-order valence-electron chi connectivity index (χ2n) is 8.81. The fraction of sp³-hybridized carbons (Fsp3) is 0.133. The Bertz CT molecular complexity index is 1580. The van der Waals surface area contributed by atoms with Crippen LogP contribution >= 0.6 is 0 Å². The Balaban J connectivity index is 1.41. The number of hydrogen-bond acceptors (Lipinski definition) is 3. The van der Waals surface area contributed by atoms with Crippen molar-refractivity contribution < 1.29 is 9.53 Å². The van der Waals surface area contributed by atoms with Crippen LogP contribution in [-0.2, 0) is 0 Å². The highest BCUT2D eigenvalue weighted by Crippen LogP contribution is 2.31. The first kappa shape index (κ1) is 23.2. The Morgan fingerprint density at radius 3 is 2.53 bits per heavy atom. The molecule has 0 aliphatic rings. The lowest BCUT2D eigenvalue weighted by molar-refractivity contribution is 0.0951. The molecule has 2 aromatic heterocycles. The molecule has 0 bridgehead atoms. The van der Waals surface area contributed by atoms with Crippen molar-refractivity contribution >= 4 is 16.8 Å². The molecule has 0 radical (unpaired) electrons. The molecule has 0 aliphatic heterocycles. The van der Waals surface area contributed by atoms with Gasteiger partial charge in [0.15, 0.2) is 0 Å². The zero-order valence-electron chi connectivity index (χ0n) is 20.2. The van der Waals surface area contributed by atoms with Crippen molar-refractivity contribution in [2.75, 3.05) is 13.7 Å². The molecule has 0 aliphatic carbocycles. The number of carbonyl (C=O) groups is 1. The number of nitrogens with one attached hydrogen (secondary N) is 3. The van der Waals surface area contributed by atoms with Crippen molar-refractivity contribution in [3.8, 4) is 17.0 Å². The minimum absolute atomic E-state index is 0.0822. The van der Waals surface area contributed by atoms with Gasteiger partial charge in [0.1, 0.15) is 11.3 Å². The number of aromatic amines is 2. The maximum atomic E-state index is 13.1. The number of methoxy groups -OCH3 is 1. The molecule has 6 heteroatoms. The van der Waals surface area contributed by atoms with Crippen LogP contribution in [0.4, 0.5) is 0 Å². The number of carbonyl (C=O) groups excluding carboxylic acids is 1. The minimum atomic E-state index is -0.417. The summed E-state index contributed by atoms with van der Waals surface area (Å²) in [6, 6.07) is 27.1. The molecular formula is C30H27N3O3. The number of aryl methyl sites for hydroxylation is 1. The molecule has 1 atom stereocenters. The number of para-hydroxylation sites is 1. The third-order valence-electron chi connectivity index (χ3n) is 6.46. The summed E-state index contributed by atoms with van der Waals surface area (Å²) in [5.74, 6) is 0.229. The molecule has 5 aromatic rings. The van der Waals surface area contributed by atoms with Crippen LogP contribution in [-0.4, -0.2) is 29.5 Å². The van der Waals surface area contributed by atoms with Crippen molar-refractivity contribution in [2.24, 2.45) is 0 Å². The first-order valence-electron chi connectivity index (χ1n) is 11.8. The van der Waals surface area contributed by atoms with Gasteiger partial charge in [0.05, 0.1) is 7.11 Å². The van der Waals surface area contributed by atoms with E-state index < -0.39 is 11.5 Å². The predicted molar refractivity (Wildman–Crippen MR) is 143 cm³/mol. The third-order valence-corrected chi connectivity index (χ3v) is 6.46. The Morgan fingerprint density at radius 1 is 0.972 bits per heavy atom. The second-order valence-corrected chi connectivity index (χ2v) is 8.81. The zero-order chi connectivity index (χ0) is 25.1. The van der Waals surface area contributed by atoms with Crippen molar-refractivity contribution in [3.05, 3.63) is 124 Å². The highest BCUT2D eigenvalue weighted by Gasteiger charge is 2.20. The molecule has 1 amide bonds. The van der Waals surface area contributed by atoms with Gasteiger partial charge in [-0.05, 0) is 60.0 Å². The molecule has 36 heavy (non-hydrogen) atoms. The fourth-order valence-electron chi connectivity index (χ4n) is 4.55. The van der Waals surface area contributed by atoms with E-state index in [-0.39, 0.29) is 11.5 Å². The number of fused-ring (bicyclic) bond motifs is 1. The van der Waals surface area contributed by atoms with Crippen LogP contribution in [0.25, 0.3) is 22.2 Å². The molecule has 2 heterocycles. The number of hydrogen-bond donors (Lipinski definition) is 3. The van der Waals surface area contributed by atoms with E-state index in [4.69, 9.17) is 4.74 Å². The lowest BCUT2D eigenvalue weighted by Gasteiger charge is -2.18. The number of H-pyrrole nitrogens is 2. The smallest absolute Gasteiger partial charge is 0.261 e. The zero-order valence-corrected chi connectivity index (χ0v) is 20.2. The lowest BCUT2D eigenvalue weighted by atomic mass is 9.90. The van der Waals surface area contributed by atoms with Gasteiger partial charge in [-0.25, -0.2) is 0 Å². The van der Waals surface area contributed by atoms with E-state index in [2.05, 4.69) is 21.4 Å². The molecule has 1 unspecified atom stereocenters. The van der Waals surface area contributed by atoms with Gasteiger partial charge in [0.2, 0.25) is 0 Å². The topological polar surface area (TPSA) is 87.0 Å². The SMILES string of the molecule is COc1ccc(C(CNC(=O)c2ccc(-c3cccc(C)c3)[nH]c2=O)c2c[nH]c3ccccc23)cc1. The molecule has 0 fully saturated rings. The Kier molecular flexibility index (Phi) is 6.41. The summed E-state index contributed by atoms with van der Waals surface area (Å²) >= 11 is 0. The van der Waals surface area contributed by atoms with Gasteiger partial charge >= 0.3 is 0 Å². The van der Waals surface area contributed by atoms with Gasteiger partial charge in [-0.3, -0.25) is 9.59 Å². The number of pyridine rings is 1. The summed E-state index contributed by atoms with van der Waals surface area (Å²) in [6.07, 6.45) is 1.98. The van der Waals surface area contributed by atoms with Crippen LogP contribution in [0.3, 0.4) is 0 Å². The van der Waals surface area contributed by atoms with Gasteiger partial charge in [-0.2, -0.15) is 0 Å². The number of rotatable bonds is 7. The summed E-state index contributed by atoms with van der Waals surface area (Å²) in [5, 5.41) is 4.07. The molecule has 3 N–H and O–H groups in total. The van der Waals surface area contributed by atoms with Gasteiger partial charge in [-0.1, -0.05) is 54.1 Å². The van der Waals surface area contributed by atoms with E-state index in [9.17, 15) is 9.59 Å². The Morgan fingerprint density at radius 2 is 1.78 bits per heavy atom. The standard InChI is InChI=1S/C30H27N3O3/c1-19-6-5-7-21(16-19)27-15-14-24(30(35)33-27)29(34)32-17-25(20-10-12-22(36-2)13-11-20)26-18-31-28-9-4-3-8-23(26)28/h3-16,18,25,31H,17H2,1-2H3,(H,32,34)(H,33,35). The molecule has 6 nitrogen and oxygen atoms in total. The Hall–Kier alpha value is -4.58. The molecule has 3 aromatic carbocycles. The quantitative estimate of drug-likeness (QED) is 0.293. The monoisotopic (exact) mass is 477 g/mol. The molecule has 180 valence electrons. The molecule has 5 rings (SSSR count). The number of amides is 1. The van der Waals surface area contributed by atoms with E-state index >= 15 is 0 Å². The van der Waals surface area contributed by atoms with Gasteiger partial charge in [0, 0.05) is 35.3 Å². The molecular weight excluding hydrogens is 450 g/mol. The maximum absolute atomic E-state index is 13.1. The molecule has 0 spiro atoms. The summed E-state index contributed by atoms with van der Waals surface area (Å²) in [6.45, 7) is 2.32. The lowest BCUT2D eigenvalue weighted by Crippen LogP contribution is -2.33. The van der Waals surface area contributed by atoms with Crippen LogP contribution in [0.5, 0.6) is 5.75 Å². The maximum Gasteiger partial charge on any atom is 0.261 e. The van der Waals surface area contributed by atoms with E-state index in [1.54, 1.807) is 19.2 Å². The van der Waals surface area contributed by atoms with Gasteiger partial charge in [0.25, 0.3) is 11.5 Å². The second kappa shape index (κ2) is 9.96.